The van der Waals surface area contributed by atoms with E-state index in [0.717, 1.165) is 31.1 Å². The molecule has 0 radical (unpaired) electrons. The number of aliphatic imine (C=N–C) groups is 1. The first-order chi connectivity index (χ1) is 12.2. The Morgan fingerprint density at radius 1 is 1.31 bits per heavy atom. The standard InChI is InChI=1S/C19H32N4O2.HI/c1-4-25-17-16(8-7-12-21-17)14-22-18(20-2)23-15-19(11-13-24-3)9-5-6-10-19;/h7-8,12H,4-6,9-11,13-15H2,1-3H3,(H2,20,22,23);1H. The fraction of sp³-hybridized carbons (Fsp3) is 0.684. The SMILES string of the molecule is CCOc1ncccc1CNC(=NC)NCC1(CCOC)CCCC1.I. The van der Waals surface area contributed by atoms with Gasteiger partial charge >= 0.3 is 0 Å². The molecule has 0 unspecified atom stereocenters. The fourth-order valence-corrected chi connectivity index (χ4v) is 3.45. The largest absolute Gasteiger partial charge is 0.478 e. The van der Waals surface area contributed by atoms with Gasteiger partial charge in [0.25, 0.3) is 0 Å². The van der Waals surface area contributed by atoms with Crippen molar-refractivity contribution in [2.24, 2.45) is 10.4 Å². The van der Waals surface area contributed by atoms with Crippen molar-refractivity contribution < 1.29 is 9.47 Å². The van der Waals surface area contributed by atoms with Gasteiger partial charge in [-0.05, 0) is 37.7 Å². The lowest BCUT2D eigenvalue weighted by atomic mass is 9.83. The van der Waals surface area contributed by atoms with E-state index in [2.05, 4.69) is 20.6 Å². The van der Waals surface area contributed by atoms with E-state index in [1.807, 2.05) is 19.1 Å². The Hall–Kier alpha value is -1.09. The normalized spacial score (nSPS) is 16.0. The predicted octanol–water partition coefficient (Wildman–Crippen LogP) is 3.36. The van der Waals surface area contributed by atoms with Crippen LogP contribution in [0, 0.1) is 5.41 Å². The molecule has 0 spiro atoms. The number of methoxy groups -OCH3 is 1. The molecule has 7 heteroatoms. The summed E-state index contributed by atoms with van der Waals surface area (Å²) >= 11 is 0. The maximum Gasteiger partial charge on any atom is 0.218 e. The summed E-state index contributed by atoms with van der Waals surface area (Å²) in [6, 6.07) is 3.95. The van der Waals surface area contributed by atoms with Crippen LogP contribution < -0.4 is 15.4 Å². The van der Waals surface area contributed by atoms with Crippen molar-refractivity contribution in [3.63, 3.8) is 0 Å². The van der Waals surface area contributed by atoms with Crippen LogP contribution in [0.4, 0.5) is 0 Å². The van der Waals surface area contributed by atoms with Gasteiger partial charge in [0.2, 0.25) is 5.88 Å². The maximum absolute atomic E-state index is 5.58. The van der Waals surface area contributed by atoms with Gasteiger partial charge in [-0.1, -0.05) is 18.9 Å². The third kappa shape index (κ3) is 6.90. The Morgan fingerprint density at radius 2 is 2.08 bits per heavy atom. The Bertz CT molecular complexity index is 548. The molecule has 0 aromatic carbocycles. The number of nitrogens with one attached hydrogen (secondary N) is 2. The van der Waals surface area contributed by atoms with Gasteiger partial charge in [-0.3, -0.25) is 4.99 Å². The van der Waals surface area contributed by atoms with Crippen molar-refractivity contribution >= 4 is 29.9 Å². The van der Waals surface area contributed by atoms with E-state index in [-0.39, 0.29) is 24.0 Å². The van der Waals surface area contributed by atoms with Crippen molar-refractivity contribution in [2.75, 3.05) is 33.9 Å². The average molecular weight is 476 g/mol. The second-order valence-corrected chi connectivity index (χ2v) is 6.63. The molecule has 1 fully saturated rings. The molecule has 2 rings (SSSR count). The Balaban J connectivity index is 0.00000338. The highest BCUT2D eigenvalue weighted by molar-refractivity contribution is 14.0. The summed E-state index contributed by atoms with van der Waals surface area (Å²) in [6.45, 7) is 4.96. The Morgan fingerprint density at radius 3 is 2.73 bits per heavy atom. The van der Waals surface area contributed by atoms with Gasteiger partial charge in [0.15, 0.2) is 5.96 Å². The van der Waals surface area contributed by atoms with Gasteiger partial charge in [0, 0.05) is 45.6 Å². The van der Waals surface area contributed by atoms with Crippen molar-refractivity contribution in [3.05, 3.63) is 23.9 Å². The van der Waals surface area contributed by atoms with E-state index in [4.69, 9.17) is 9.47 Å². The number of pyridine rings is 1. The number of aromatic nitrogens is 1. The highest BCUT2D eigenvalue weighted by atomic mass is 127. The molecule has 1 saturated carbocycles. The fourth-order valence-electron chi connectivity index (χ4n) is 3.45. The first kappa shape index (κ1) is 23.0. The van der Waals surface area contributed by atoms with Gasteiger partial charge in [-0.25, -0.2) is 4.98 Å². The van der Waals surface area contributed by atoms with E-state index < -0.39 is 0 Å². The minimum atomic E-state index is 0. The molecule has 6 nitrogen and oxygen atoms in total. The van der Waals surface area contributed by atoms with Crippen LogP contribution in [0.15, 0.2) is 23.3 Å². The van der Waals surface area contributed by atoms with Gasteiger partial charge in [-0.2, -0.15) is 0 Å². The van der Waals surface area contributed by atoms with Crippen LogP contribution >= 0.6 is 24.0 Å². The highest BCUT2D eigenvalue weighted by Crippen LogP contribution is 2.40. The number of nitrogens with zero attached hydrogens (tertiary/aromatic N) is 2. The summed E-state index contributed by atoms with van der Waals surface area (Å²) in [5.41, 5.74) is 1.36. The number of ether oxygens (including phenoxy) is 2. The van der Waals surface area contributed by atoms with Gasteiger partial charge < -0.3 is 20.1 Å². The number of halogens is 1. The second kappa shape index (κ2) is 12.3. The lowest BCUT2D eigenvalue weighted by molar-refractivity contribution is 0.138. The van der Waals surface area contributed by atoms with Crippen LogP contribution in [0.5, 0.6) is 5.88 Å². The molecule has 1 heterocycles. The molecular formula is C19H33IN4O2. The molecule has 2 N–H and O–H groups in total. The maximum atomic E-state index is 5.58. The predicted molar refractivity (Wildman–Crippen MR) is 116 cm³/mol. The molecule has 0 saturated heterocycles. The molecule has 1 aromatic rings. The molecule has 0 atom stereocenters. The zero-order valence-electron chi connectivity index (χ0n) is 16.2. The number of hydrogen-bond donors (Lipinski definition) is 2. The van der Waals surface area contributed by atoms with E-state index in [1.54, 1.807) is 20.4 Å². The van der Waals surface area contributed by atoms with E-state index in [1.165, 1.54) is 25.7 Å². The topological polar surface area (TPSA) is 67.8 Å². The van der Waals surface area contributed by atoms with Crippen molar-refractivity contribution in [1.29, 1.82) is 0 Å². The lowest BCUT2D eigenvalue weighted by Crippen LogP contribution is -2.43. The summed E-state index contributed by atoms with van der Waals surface area (Å²) in [5.74, 6) is 1.50. The summed E-state index contributed by atoms with van der Waals surface area (Å²) in [7, 11) is 3.58. The molecule has 1 aliphatic carbocycles. The first-order valence-corrected chi connectivity index (χ1v) is 9.23. The Labute approximate surface area is 174 Å². The second-order valence-electron chi connectivity index (χ2n) is 6.63. The average Bonchev–Trinajstić information content (AvgIpc) is 3.11. The third-order valence-electron chi connectivity index (χ3n) is 4.93. The third-order valence-corrected chi connectivity index (χ3v) is 4.93. The number of guanidine groups is 1. The summed E-state index contributed by atoms with van der Waals surface area (Å²) in [4.78, 5) is 8.64. The molecule has 148 valence electrons. The van der Waals surface area contributed by atoms with Crippen LogP contribution in [0.3, 0.4) is 0 Å². The van der Waals surface area contributed by atoms with Gasteiger partial charge in [0.05, 0.1) is 6.61 Å². The zero-order chi connectivity index (χ0) is 18.0. The molecule has 1 aliphatic rings. The zero-order valence-corrected chi connectivity index (χ0v) is 18.5. The minimum Gasteiger partial charge on any atom is -0.478 e. The molecule has 0 amide bonds. The van der Waals surface area contributed by atoms with Crippen molar-refractivity contribution in [2.45, 2.75) is 45.6 Å². The van der Waals surface area contributed by atoms with Crippen LogP contribution in [0.25, 0.3) is 0 Å². The first-order valence-electron chi connectivity index (χ1n) is 9.23. The molecular weight excluding hydrogens is 443 g/mol. The number of hydrogen-bond acceptors (Lipinski definition) is 4. The molecule has 1 aromatic heterocycles. The van der Waals surface area contributed by atoms with E-state index in [0.29, 0.717) is 24.4 Å². The van der Waals surface area contributed by atoms with Crippen molar-refractivity contribution in [1.82, 2.24) is 15.6 Å². The quantitative estimate of drug-likeness (QED) is 0.325. The smallest absolute Gasteiger partial charge is 0.218 e. The van der Waals surface area contributed by atoms with Crippen LogP contribution in [-0.4, -0.2) is 44.9 Å². The van der Waals surface area contributed by atoms with Gasteiger partial charge in [0.1, 0.15) is 0 Å². The van der Waals surface area contributed by atoms with Crippen LogP contribution in [-0.2, 0) is 11.3 Å². The van der Waals surface area contributed by atoms with Crippen LogP contribution in [0.2, 0.25) is 0 Å². The molecule has 0 bridgehead atoms. The Kier molecular flexibility index (Phi) is 10.9. The molecule has 26 heavy (non-hydrogen) atoms. The number of rotatable bonds is 9. The van der Waals surface area contributed by atoms with Gasteiger partial charge in [-0.15, -0.1) is 24.0 Å². The van der Waals surface area contributed by atoms with E-state index in [9.17, 15) is 0 Å². The lowest BCUT2D eigenvalue weighted by Gasteiger charge is -2.30. The highest BCUT2D eigenvalue weighted by Gasteiger charge is 2.33. The molecule has 0 aliphatic heterocycles. The van der Waals surface area contributed by atoms with E-state index >= 15 is 0 Å². The summed E-state index contributed by atoms with van der Waals surface area (Å²) in [5, 5.41) is 6.87. The minimum absolute atomic E-state index is 0. The van der Waals surface area contributed by atoms with Crippen LogP contribution in [0.1, 0.15) is 44.6 Å². The summed E-state index contributed by atoms with van der Waals surface area (Å²) < 4.78 is 10.9. The summed E-state index contributed by atoms with van der Waals surface area (Å²) in [6.07, 6.45) is 8.00. The van der Waals surface area contributed by atoms with Crippen molar-refractivity contribution in [3.8, 4) is 5.88 Å². The monoisotopic (exact) mass is 476 g/mol.